The van der Waals surface area contributed by atoms with Gasteiger partial charge in [-0.2, -0.15) is 5.06 Å². The number of methoxy groups -OCH3 is 1. The van der Waals surface area contributed by atoms with Crippen molar-refractivity contribution in [2.75, 3.05) is 20.3 Å². The number of hydroxylamine groups is 2. The molecule has 6 nitrogen and oxygen atoms in total. The predicted octanol–water partition coefficient (Wildman–Crippen LogP) is -1.09. The van der Waals surface area contributed by atoms with Crippen molar-refractivity contribution in [2.24, 2.45) is 5.92 Å². The van der Waals surface area contributed by atoms with Gasteiger partial charge in [0.2, 0.25) is 0 Å². The van der Waals surface area contributed by atoms with E-state index in [1.54, 1.807) is 5.06 Å². The van der Waals surface area contributed by atoms with E-state index >= 15 is 0 Å². The summed E-state index contributed by atoms with van der Waals surface area (Å²) in [6.45, 7) is 0.339. The fraction of sp³-hybridized carbons (Fsp3) is 0.900. The summed E-state index contributed by atoms with van der Waals surface area (Å²) in [5.41, 5.74) is 0. The standard InChI is InChI=1S/C10H17NO5/c1-15-10(14)8-6-3-2-4-11(6)16-9(8)7(13)5-12/h6-9,12-13H,2-5H2,1H3/t6-,7+,8-,9+/m1/s1. The van der Waals surface area contributed by atoms with Crippen LogP contribution in [0.5, 0.6) is 0 Å². The van der Waals surface area contributed by atoms with Crippen LogP contribution in [-0.2, 0) is 14.4 Å². The number of carbonyl (C=O) groups excluding carboxylic acids is 1. The predicted molar refractivity (Wildman–Crippen MR) is 53.2 cm³/mol. The molecule has 2 saturated heterocycles. The third kappa shape index (κ3) is 1.82. The molecule has 16 heavy (non-hydrogen) atoms. The molecular weight excluding hydrogens is 214 g/mol. The first kappa shape index (κ1) is 11.8. The lowest BCUT2D eigenvalue weighted by Gasteiger charge is -2.21. The SMILES string of the molecule is COC(=O)[C@H]1[C@H]([C@@H](O)CO)ON2CCC[C@H]12. The van der Waals surface area contributed by atoms with Gasteiger partial charge in [-0.05, 0) is 12.8 Å². The molecule has 2 fully saturated rings. The van der Waals surface area contributed by atoms with Crippen molar-refractivity contribution in [1.29, 1.82) is 0 Å². The number of carbonyl (C=O) groups is 1. The molecule has 0 aromatic carbocycles. The molecule has 92 valence electrons. The summed E-state index contributed by atoms with van der Waals surface area (Å²) < 4.78 is 4.73. The van der Waals surface area contributed by atoms with E-state index in [1.165, 1.54) is 7.11 Å². The van der Waals surface area contributed by atoms with Crippen LogP contribution in [0.15, 0.2) is 0 Å². The van der Waals surface area contributed by atoms with Gasteiger partial charge in [-0.3, -0.25) is 9.63 Å². The molecular formula is C10H17NO5. The highest BCUT2D eigenvalue weighted by atomic mass is 16.7. The molecule has 6 heteroatoms. The highest BCUT2D eigenvalue weighted by molar-refractivity contribution is 5.74. The second-order valence-electron chi connectivity index (χ2n) is 4.22. The van der Waals surface area contributed by atoms with E-state index in [-0.39, 0.29) is 12.0 Å². The van der Waals surface area contributed by atoms with Gasteiger partial charge in [0.1, 0.15) is 18.1 Å². The van der Waals surface area contributed by atoms with Crippen molar-refractivity contribution in [2.45, 2.75) is 31.1 Å². The molecule has 0 bridgehead atoms. The second-order valence-corrected chi connectivity index (χ2v) is 4.22. The van der Waals surface area contributed by atoms with Gasteiger partial charge in [0.15, 0.2) is 0 Å². The van der Waals surface area contributed by atoms with Crippen molar-refractivity contribution in [3.05, 3.63) is 0 Å². The number of ether oxygens (including phenoxy) is 1. The Labute approximate surface area is 93.7 Å². The third-order valence-electron chi connectivity index (χ3n) is 3.31. The summed E-state index contributed by atoms with van der Waals surface area (Å²) in [6.07, 6.45) is 0.0894. The molecule has 0 aromatic rings. The van der Waals surface area contributed by atoms with Crippen molar-refractivity contribution in [3.63, 3.8) is 0 Å². The van der Waals surface area contributed by atoms with Gasteiger partial charge in [0.25, 0.3) is 0 Å². The van der Waals surface area contributed by atoms with Crippen LogP contribution >= 0.6 is 0 Å². The minimum Gasteiger partial charge on any atom is -0.469 e. The molecule has 0 saturated carbocycles. The average Bonchev–Trinajstić information content (AvgIpc) is 2.86. The van der Waals surface area contributed by atoms with Gasteiger partial charge >= 0.3 is 5.97 Å². The fourth-order valence-corrected chi connectivity index (χ4v) is 2.54. The van der Waals surface area contributed by atoms with Crippen LogP contribution < -0.4 is 0 Å². The zero-order valence-corrected chi connectivity index (χ0v) is 9.20. The molecule has 2 N–H and O–H groups in total. The zero-order chi connectivity index (χ0) is 11.7. The normalized spacial score (nSPS) is 36.1. The summed E-state index contributed by atoms with van der Waals surface area (Å²) in [6, 6.07) is -0.0290. The van der Waals surface area contributed by atoms with Gasteiger partial charge < -0.3 is 14.9 Å². The Kier molecular flexibility index (Phi) is 3.44. The molecule has 2 rings (SSSR count). The Morgan fingerprint density at radius 2 is 2.44 bits per heavy atom. The molecule has 2 aliphatic rings. The first-order valence-electron chi connectivity index (χ1n) is 5.49. The number of hydrogen-bond acceptors (Lipinski definition) is 6. The van der Waals surface area contributed by atoms with Gasteiger partial charge in [-0.15, -0.1) is 0 Å². The largest absolute Gasteiger partial charge is 0.469 e. The number of hydrogen-bond donors (Lipinski definition) is 2. The van der Waals surface area contributed by atoms with Crippen molar-refractivity contribution in [1.82, 2.24) is 5.06 Å². The number of nitrogens with zero attached hydrogens (tertiary/aromatic N) is 1. The number of esters is 1. The van der Waals surface area contributed by atoms with E-state index in [2.05, 4.69) is 0 Å². The third-order valence-corrected chi connectivity index (χ3v) is 3.31. The van der Waals surface area contributed by atoms with Crippen LogP contribution in [0.25, 0.3) is 0 Å². The van der Waals surface area contributed by atoms with Crippen LogP contribution in [0.1, 0.15) is 12.8 Å². The minimum atomic E-state index is -1.05. The quantitative estimate of drug-likeness (QED) is 0.601. The lowest BCUT2D eigenvalue weighted by molar-refractivity contribution is -0.182. The molecule has 4 atom stereocenters. The van der Waals surface area contributed by atoms with Gasteiger partial charge in [0, 0.05) is 6.54 Å². The first-order valence-corrected chi connectivity index (χ1v) is 5.49. The van der Waals surface area contributed by atoms with Crippen molar-refractivity contribution in [3.8, 4) is 0 Å². The molecule has 0 aliphatic carbocycles. The van der Waals surface area contributed by atoms with Crippen LogP contribution in [0.2, 0.25) is 0 Å². The summed E-state index contributed by atoms with van der Waals surface area (Å²) >= 11 is 0. The van der Waals surface area contributed by atoms with Crippen LogP contribution in [0.4, 0.5) is 0 Å². The van der Waals surface area contributed by atoms with Gasteiger partial charge in [-0.1, -0.05) is 0 Å². The van der Waals surface area contributed by atoms with E-state index in [9.17, 15) is 9.90 Å². The Bertz CT molecular complexity index is 272. The molecule has 2 aliphatic heterocycles. The Morgan fingerprint density at radius 3 is 3.06 bits per heavy atom. The van der Waals surface area contributed by atoms with E-state index < -0.39 is 24.7 Å². The summed E-state index contributed by atoms with van der Waals surface area (Å²) in [4.78, 5) is 17.2. The molecule has 0 spiro atoms. The second kappa shape index (κ2) is 4.67. The van der Waals surface area contributed by atoms with E-state index in [4.69, 9.17) is 14.7 Å². The van der Waals surface area contributed by atoms with Gasteiger partial charge in [0.05, 0.1) is 19.8 Å². The fourth-order valence-electron chi connectivity index (χ4n) is 2.54. The highest BCUT2D eigenvalue weighted by Gasteiger charge is 2.52. The van der Waals surface area contributed by atoms with E-state index in [1.807, 2.05) is 0 Å². The lowest BCUT2D eigenvalue weighted by atomic mass is 9.91. The van der Waals surface area contributed by atoms with Crippen LogP contribution in [0, 0.1) is 5.92 Å². The summed E-state index contributed by atoms with van der Waals surface area (Å²) in [5.74, 6) is -0.887. The van der Waals surface area contributed by atoms with Gasteiger partial charge in [-0.25, -0.2) is 0 Å². The average molecular weight is 231 g/mol. The lowest BCUT2D eigenvalue weighted by Crippen LogP contribution is -2.41. The molecule has 0 unspecified atom stereocenters. The molecule has 2 heterocycles. The number of aliphatic hydroxyl groups is 2. The van der Waals surface area contributed by atoms with Crippen molar-refractivity contribution >= 4 is 5.97 Å². The first-order chi connectivity index (χ1) is 7.69. The maximum absolute atomic E-state index is 11.7. The maximum Gasteiger partial charge on any atom is 0.313 e. The van der Waals surface area contributed by atoms with Crippen LogP contribution in [-0.4, -0.2) is 59.8 Å². The molecule has 0 aromatic heterocycles. The monoisotopic (exact) mass is 231 g/mol. The Morgan fingerprint density at radius 1 is 1.69 bits per heavy atom. The molecule has 0 radical (unpaired) electrons. The summed E-state index contributed by atoms with van der Waals surface area (Å²) in [7, 11) is 1.32. The van der Waals surface area contributed by atoms with Crippen LogP contribution in [0.3, 0.4) is 0 Å². The molecule has 0 amide bonds. The topological polar surface area (TPSA) is 79.2 Å². The van der Waals surface area contributed by atoms with Crippen molar-refractivity contribution < 1.29 is 24.6 Å². The maximum atomic E-state index is 11.7. The number of fused-ring (bicyclic) bond motifs is 1. The smallest absolute Gasteiger partial charge is 0.313 e. The number of rotatable bonds is 3. The number of aliphatic hydroxyl groups excluding tert-OH is 2. The van der Waals surface area contributed by atoms with E-state index in [0.29, 0.717) is 0 Å². The zero-order valence-electron chi connectivity index (χ0n) is 9.20. The highest BCUT2D eigenvalue weighted by Crippen LogP contribution is 2.37. The Hall–Kier alpha value is -0.690. The van der Waals surface area contributed by atoms with E-state index in [0.717, 1.165) is 19.4 Å². The summed E-state index contributed by atoms with van der Waals surface area (Å²) in [5, 5.41) is 20.3. The Balaban J connectivity index is 2.16. The minimum absolute atomic E-state index is 0.0290.